The first kappa shape index (κ1) is 16.2. The summed E-state index contributed by atoms with van der Waals surface area (Å²) < 4.78 is 5.06. The van der Waals surface area contributed by atoms with Crippen molar-refractivity contribution < 1.29 is 49.0 Å². The topological polar surface area (TPSA) is 69.7 Å². The quantitative estimate of drug-likeness (QED) is 0.353. The molecule has 3 rings (SSSR count). The third-order valence-electron chi connectivity index (χ3n) is 3.18. The Morgan fingerprint density at radius 2 is 2.05 bits per heavy atom. The number of β-lactam (4-membered cyclic amide) rings is 1. The van der Waals surface area contributed by atoms with E-state index in [1.54, 1.807) is 25.3 Å². The standard InChI is InChI=1S/C14H11NO4S.Na/c1-19-9-4-2-8(3-5-9)6-10-12(16)15-11(14(17)18)7-20-13(10)15;/h2-7,13H,1H3,(H,17,18);/q;+1/p-1/t13-;/m1./s1. The molecule has 2 heterocycles. The van der Waals surface area contributed by atoms with E-state index in [4.69, 9.17) is 4.74 Å². The molecule has 0 N–H and O–H groups in total. The van der Waals surface area contributed by atoms with E-state index in [0.29, 0.717) is 5.57 Å². The number of nitrogens with zero attached hydrogens (tertiary/aromatic N) is 1. The van der Waals surface area contributed by atoms with E-state index in [1.165, 1.54) is 22.1 Å². The first-order valence-electron chi connectivity index (χ1n) is 5.88. The molecule has 7 heteroatoms. The van der Waals surface area contributed by atoms with Crippen molar-refractivity contribution in [3.8, 4) is 5.75 Å². The Balaban J connectivity index is 0.00000161. The molecule has 0 saturated carbocycles. The Morgan fingerprint density at radius 3 is 2.62 bits per heavy atom. The summed E-state index contributed by atoms with van der Waals surface area (Å²) in [6.07, 6.45) is 1.77. The number of benzene rings is 1. The van der Waals surface area contributed by atoms with Gasteiger partial charge in [-0.25, -0.2) is 0 Å². The number of methoxy groups -OCH3 is 1. The number of carbonyl (C=O) groups excluding carboxylic acids is 2. The van der Waals surface area contributed by atoms with Gasteiger partial charge in [-0.15, -0.1) is 11.8 Å². The fraction of sp³-hybridized carbons (Fsp3) is 0.143. The zero-order valence-corrected chi connectivity index (χ0v) is 14.3. The number of aliphatic carboxylic acids is 1. The molecule has 1 fully saturated rings. The first-order valence-corrected chi connectivity index (χ1v) is 6.82. The van der Waals surface area contributed by atoms with Crippen LogP contribution < -0.4 is 39.4 Å². The molecule has 0 spiro atoms. The van der Waals surface area contributed by atoms with Crippen molar-refractivity contribution in [2.24, 2.45) is 0 Å². The molecule has 102 valence electrons. The van der Waals surface area contributed by atoms with Gasteiger partial charge in [0.15, 0.2) is 0 Å². The van der Waals surface area contributed by atoms with E-state index in [-0.39, 0.29) is 46.5 Å². The van der Waals surface area contributed by atoms with Crippen molar-refractivity contribution in [1.29, 1.82) is 0 Å². The van der Waals surface area contributed by atoms with E-state index in [0.717, 1.165) is 11.3 Å². The number of fused-ring (bicyclic) bond motifs is 1. The van der Waals surface area contributed by atoms with Crippen LogP contribution in [-0.4, -0.2) is 29.3 Å². The normalized spacial score (nSPS) is 21.3. The van der Waals surface area contributed by atoms with Gasteiger partial charge < -0.3 is 14.6 Å². The van der Waals surface area contributed by atoms with E-state index < -0.39 is 5.97 Å². The summed E-state index contributed by atoms with van der Waals surface area (Å²) in [5.74, 6) is -0.868. The number of carboxylic acid groups (broad SMARTS) is 1. The molecule has 5 nitrogen and oxygen atoms in total. The maximum absolute atomic E-state index is 12.0. The molecule has 2 aliphatic rings. The minimum absolute atomic E-state index is 0. The molecular weight excluding hydrogens is 301 g/mol. The van der Waals surface area contributed by atoms with E-state index in [1.807, 2.05) is 12.1 Å². The second kappa shape index (κ2) is 6.27. The third-order valence-corrected chi connectivity index (χ3v) is 4.26. The fourth-order valence-electron chi connectivity index (χ4n) is 2.14. The van der Waals surface area contributed by atoms with Crippen LogP contribution in [0.2, 0.25) is 0 Å². The summed E-state index contributed by atoms with van der Waals surface area (Å²) in [4.78, 5) is 24.1. The van der Waals surface area contributed by atoms with E-state index in [2.05, 4.69) is 0 Å². The molecule has 1 aromatic rings. The Labute approximate surface area is 147 Å². The van der Waals surface area contributed by atoms with Crippen LogP contribution in [-0.2, 0) is 9.59 Å². The van der Waals surface area contributed by atoms with Gasteiger partial charge >= 0.3 is 29.6 Å². The van der Waals surface area contributed by atoms with Crippen LogP contribution >= 0.6 is 11.8 Å². The number of rotatable bonds is 3. The van der Waals surface area contributed by atoms with Crippen molar-refractivity contribution >= 4 is 29.7 Å². The molecule has 0 aliphatic carbocycles. The van der Waals surface area contributed by atoms with Crippen LogP contribution in [0.15, 0.2) is 40.9 Å². The Bertz CT molecular complexity index is 653. The van der Waals surface area contributed by atoms with Crippen molar-refractivity contribution in [3.63, 3.8) is 0 Å². The van der Waals surface area contributed by atoms with E-state index in [9.17, 15) is 14.7 Å². The minimum atomic E-state index is -1.32. The van der Waals surface area contributed by atoms with Crippen LogP contribution in [0.1, 0.15) is 5.56 Å². The summed E-state index contributed by atoms with van der Waals surface area (Å²) in [7, 11) is 1.59. The van der Waals surface area contributed by atoms with Gasteiger partial charge in [-0.3, -0.25) is 9.69 Å². The van der Waals surface area contributed by atoms with Crippen LogP contribution in [0.4, 0.5) is 0 Å². The van der Waals surface area contributed by atoms with Gasteiger partial charge in [0.1, 0.15) is 11.1 Å². The summed E-state index contributed by atoms with van der Waals surface area (Å²) in [6.45, 7) is 0. The minimum Gasteiger partial charge on any atom is -0.543 e. The zero-order valence-electron chi connectivity index (χ0n) is 11.5. The number of carbonyl (C=O) groups is 2. The molecule has 0 unspecified atom stereocenters. The van der Waals surface area contributed by atoms with Crippen LogP contribution in [0.25, 0.3) is 6.08 Å². The number of thioether (sulfide) groups is 1. The molecule has 0 radical (unpaired) electrons. The van der Waals surface area contributed by atoms with Gasteiger partial charge in [0, 0.05) is 0 Å². The third kappa shape index (κ3) is 2.76. The van der Waals surface area contributed by atoms with Crippen molar-refractivity contribution in [2.45, 2.75) is 5.37 Å². The summed E-state index contributed by atoms with van der Waals surface area (Å²) in [5.41, 5.74) is 1.40. The Kier molecular flexibility index (Phi) is 4.83. The SMILES string of the molecule is COc1ccc(C=C2C(=O)N3C(C(=O)[O-])=CS[C@H]23)cc1.[Na+]. The van der Waals surface area contributed by atoms with Gasteiger partial charge in [-0.2, -0.15) is 0 Å². The van der Waals surface area contributed by atoms with Crippen molar-refractivity contribution in [2.75, 3.05) is 7.11 Å². The monoisotopic (exact) mass is 311 g/mol. The molecule has 1 saturated heterocycles. The Morgan fingerprint density at radius 1 is 1.38 bits per heavy atom. The van der Waals surface area contributed by atoms with Crippen LogP contribution in [0.5, 0.6) is 5.75 Å². The molecule has 0 bridgehead atoms. The van der Waals surface area contributed by atoms with Gasteiger partial charge in [-0.1, -0.05) is 12.1 Å². The number of amides is 1. The van der Waals surface area contributed by atoms with Gasteiger partial charge in [-0.05, 0) is 29.2 Å². The zero-order chi connectivity index (χ0) is 14.3. The fourth-order valence-corrected chi connectivity index (χ4v) is 3.25. The Hall–Kier alpha value is -1.21. The molecule has 2 aliphatic heterocycles. The summed E-state index contributed by atoms with van der Waals surface area (Å²) in [5, 5.41) is 12.1. The molecular formula is C14H10NNaO4S. The predicted molar refractivity (Wildman–Crippen MR) is 72.3 cm³/mol. The number of ether oxygens (including phenoxy) is 1. The number of hydrogen-bond donors (Lipinski definition) is 0. The number of carboxylic acids is 1. The molecule has 1 atom stereocenters. The largest absolute Gasteiger partial charge is 1.00 e. The second-order valence-corrected chi connectivity index (χ2v) is 5.28. The first-order chi connectivity index (χ1) is 9.61. The van der Waals surface area contributed by atoms with Crippen LogP contribution in [0, 0.1) is 0 Å². The van der Waals surface area contributed by atoms with E-state index >= 15 is 0 Å². The average molecular weight is 311 g/mol. The van der Waals surface area contributed by atoms with Gasteiger partial charge in [0.05, 0.1) is 24.3 Å². The van der Waals surface area contributed by atoms with Crippen molar-refractivity contribution in [3.05, 3.63) is 46.5 Å². The van der Waals surface area contributed by atoms with Crippen LogP contribution in [0.3, 0.4) is 0 Å². The van der Waals surface area contributed by atoms with Gasteiger partial charge in [0.2, 0.25) is 0 Å². The summed E-state index contributed by atoms with van der Waals surface area (Å²) >= 11 is 1.30. The summed E-state index contributed by atoms with van der Waals surface area (Å²) in [6, 6.07) is 7.29. The average Bonchev–Trinajstić information content (AvgIpc) is 2.86. The molecule has 1 amide bonds. The number of hydrogen-bond acceptors (Lipinski definition) is 5. The molecule has 21 heavy (non-hydrogen) atoms. The maximum atomic E-state index is 12.0. The van der Waals surface area contributed by atoms with Gasteiger partial charge in [0.25, 0.3) is 5.91 Å². The predicted octanol–water partition coefficient (Wildman–Crippen LogP) is -2.41. The smallest absolute Gasteiger partial charge is 0.543 e. The molecule has 0 aromatic heterocycles. The molecule has 1 aromatic carbocycles. The maximum Gasteiger partial charge on any atom is 1.00 e. The van der Waals surface area contributed by atoms with Crippen molar-refractivity contribution in [1.82, 2.24) is 4.90 Å². The second-order valence-electron chi connectivity index (χ2n) is 4.33.